The predicted molar refractivity (Wildman–Crippen MR) is 75.8 cm³/mol. The lowest BCUT2D eigenvalue weighted by molar-refractivity contribution is -0.139. The number of amides is 1. The average Bonchev–Trinajstić information content (AvgIpc) is 2.36. The van der Waals surface area contributed by atoms with Gasteiger partial charge < -0.3 is 14.7 Å². The van der Waals surface area contributed by atoms with Crippen LogP contribution in [-0.2, 0) is 9.59 Å². The lowest BCUT2D eigenvalue weighted by Crippen LogP contribution is -2.41. The molecule has 0 aliphatic carbocycles. The van der Waals surface area contributed by atoms with E-state index in [0.29, 0.717) is 5.75 Å². The van der Waals surface area contributed by atoms with Gasteiger partial charge in [0, 0.05) is 12.6 Å². The molecule has 0 fully saturated rings. The van der Waals surface area contributed by atoms with Crippen LogP contribution in [-0.4, -0.2) is 41.1 Å². The van der Waals surface area contributed by atoms with Crippen molar-refractivity contribution in [2.75, 3.05) is 13.2 Å². The van der Waals surface area contributed by atoms with Crippen LogP contribution in [0.3, 0.4) is 0 Å². The summed E-state index contributed by atoms with van der Waals surface area (Å²) in [4.78, 5) is 24.2. The van der Waals surface area contributed by atoms with Crippen LogP contribution in [0.15, 0.2) is 24.3 Å². The molecule has 1 aromatic carbocycles. The SMILES string of the molecule is Cc1cccc(OCC(=O)N(CCC(=O)O)C(C)C)c1. The van der Waals surface area contributed by atoms with Crippen molar-refractivity contribution >= 4 is 11.9 Å². The molecule has 0 aliphatic heterocycles. The summed E-state index contributed by atoms with van der Waals surface area (Å²) in [5.41, 5.74) is 1.06. The molecule has 0 unspecified atom stereocenters. The predicted octanol–water partition coefficient (Wildman–Crippen LogP) is 2.09. The number of hydrogen-bond acceptors (Lipinski definition) is 3. The minimum Gasteiger partial charge on any atom is -0.484 e. The van der Waals surface area contributed by atoms with Crippen molar-refractivity contribution in [1.29, 1.82) is 0 Å². The number of carbonyl (C=O) groups excluding carboxylic acids is 1. The number of carboxylic acids is 1. The Bertz CT molecular complexity index is 471. The van der Waals surface area contributed by atoms with Gasteiger partial charge in [-0.2, -0.15) is 0 Å². The normalized spacial score (nSPS) is 10.4. The van der Waals surface area contributed by atoms with E-state index in [-0.39, 0.29) is 31.5 Å². The van der Waals surface area contributed by atoms with Crippen LogP contribution in [0, 0.1) is 6.92 Å². The smallest absolute Gasteiger partial charge is 0.305 e. The van der Waals surface area contributed by atoms with Crippen molar-refractivity contribution < 1.29 is 19.4 Å². The van der Waals surface area contributed by atoms with Crippen LogP contribution in [0.1, 0.15) is 25.8 Å². The van der Waals surface area contributed by atoms with Crippen molar-refractivity contribution in [3.8, 4) is 5.75 Å². The van der Waals surface area contributed by atoms with E-state index in [0.717, 1.165) is 5.56 Å². The van der Waals surface area contributed by atoms with E-state index in [4.69, 9.17) is 9.84 Å². The Balaban J connectivity index is 2.55. The Kier molecular flexibility index (Phi) is 6.03. The fourth-order valence-corrected chi connectivity index (χ4v) is 1.82. The highest BCUT2D eigenvalue weighted by atomic mass is 16.5. The van der Waals surface area contributed by atoms with Gasteiger partial charge in [0.15, 0.2) is 6.61 Å². The number of rotatable bonds is 7. The van der Waals surface area contributed by atoms with Gasteiger partial charge in [-0.25, -0.2) is 0 Å². The molecular formula is C15H21NO4. The molecule has 5 heteroatoms. The highest BCUT2D eigenvalue weighted by Gasteiger charge is 2.18. The lowest BCUT2D eigenvalue weighted by Gasteiger charge is -2.26. The van der Waals surface area contributed by atoms with Gasteiger partial charge in [-0.1, -0.05) is 12.1 Å². The van der Waals surface area contributed by atoms with Crippen LogP contribution < -0.4 is 4.74 Å². The summed E-state index contributed by atoms with van der Waals surface area (Å²) in [7, 11) is 0. The Hall–Kier alpha value is -2.04. The number of carbonyl (C=O) groups is 2. The molecule has 0 radical (unpaired) electrons. The third kappa shape index (κ3) is 5.30. The molecule has 1 N–H and O–H groups in total. The monoisotopic (exact) mass is 279 g/mol. The highest BCUT2D eigenvalue weighted by molar-refractivity contribution is 5.78. The molecule has 5 nitrogen and oxygen atoms in total. The standard InChI is InChI=1S/C15H21NO4/c1-11(2)16(8-7-15(18)19)14(17)10-20-13-6-4-5-12(3)9-13/h4-6,9,11H,7-8,10H2,1-3H3,(H,18,19). The largest absolute Gasteiger partial charge is 0.484 e. The molecule has 1 aromatic rings. The maximum Gasteiger partial charge on any atom is 0.305 e. The van der Waals surface area contributed by atoms with Crippen LogP contribution in [0.25, 0.3) is 0 Å². The molecular weight excluding hydrogens is 258 g/mol. The van der Waals surface area contributed by atoms with E-state index < -0.39 is 5.97 Å². The molecule has 0 saturated heterocycles. The quantitative estimate of drug-likeness (QED) is 0.830. The van der Waals surface area contributed by atoms with Gasteiger partial charge in [0.05, 0.1) is 6.42 Å². The molecule has 0 saturated carbocycles. The highest BCUT2D eigenvalue weighted by Crippen LogP contribution is 2.12. The molecule has 110 valence electrons. The van der Waals surface area contributed by atoms with E-state index in [1.807, 2.05) is 39.0 Å². The van der Waals surface area contributed by atoms with Crippen LogP contribution in [0.2, 0.25) is 0 Å². The van der Waals surface area contributed by atoms with Gasteiger partial charge in [0.1, 0.15) is 5.75 Å². The van der Waals surface area contributed by atoms with E-state index >= 15 is 0 Å². The Morgan fingerprint density at radius 2 is 2.05 bits per heavy atom. The molecule has 20 heavy (non-hydrogen) atoms. The van der Waals surface area contributed by atoms with Crippen LogP contribution in [0.4, 0.5) is 0 Å². The fourth-order valence-electron chi connectivity index (χ4n) is 1.82. The van der Waals surface area contributed by atoms with E-state index in [2.05, 4.69) is 0 Å². The third-order valence-electron chi connectivity index (χ3n) is 2.86. The molecule has 0 aromatic heterocycles. The number of ether oxygens (including phenoxy) is 1. The summed E-state index contributed by atoms with van der Waals surface area (Å²) in [5, 5.41) is 8.70. The minimum atomic E-state index is -0.914. The number of hydrogen-bond donors (Lipinski definition) is 1. The van der Waals surface area contributed by atoms with E-state index in [1.54, 1.807) is 6.07 Å². The topological polar surface area (TPSA) is 66.8 Å². The molecule has 0 spiro atoms. The number of nitrogens with zero attached hydrogens (tertiary/aromatic N) is 1. The molecule has 1 rings (SSSR count). The molecule has 0 atom stereocenters. The maximum atomic E-state index is 12.1. The first-order chi connectivity index (χ1) is 9.40. The van der Waals surface area contributed by atoms with Gasteiger partial charge in [0.25, 0.3) is 5.91 Å². The zero-order chi connectivity index (χ0) is 15.1. The van der Waals surface area contributed by atoms with Crippen molar-refractivity contribution in [3.05, 3.63) is 29.8 Å². The zero-order valence-electron chi connectivity index (χ0n) is 12.1. The van der Waals surface area contributed by atoms with Gasteiger partial charge >= 0.3 is 5.97 Å². The van der Waals surface area contributed by atoms with Crippen molar-refractivity contribution in [3.63, 3.8) is 0 Å². The fraction of sp³-hybridized carbons (Fsp3) is 0.467. The second-order valence-corrected chi connectivity index (χ2v) is 4.93. The first kappa shape index (κ1) is 16.0. The first-order valence-electron chi connectivity index (χ1n) is 6.61. The number of carboxylic acid groups (broad SMARTS) is 1. The summed E-state index contributed by atoms with van der Waals surface area (Å²) in [6.45, 7) is 5.77. The number of aliphatic carboxylic acids is 1. The van der Waals surface area contributed by atoms with E-state index in [9.17, 15) is 9.59 Å². The number of aryl methyl sites for hydroxylation is 1. The molecule has 0 aliphatic rings. The van der Waals surface area contributed by atoms with Crippen LogP contribution >= 0.6 is 0 Å². The maximum absolute atomic E-state index is 12.1. The van der Waals surface area contributed by atoms with Gasteiger partial charge in [-0.3, -0.25) is 9.59 Å². The zero-order valence-corrected chi connectivity index (χ0v) is 12.1. The summed E-state index contributed by atoms with van der Waals surface area (Å²) in [6, 6.07) is 7.39. The molecule has 0 heterocycles. The number of benzene rings is 1. The van der Waals surface area contributed by atoms with Gasteiger partial charge in [0.2, 0.25) is 0 Å². The summed E-state index contributed by atoms with van der Waals surface area (Å²) >= 11 is 0. The Labute approximate surface area is 119 Å². The van der Waals surface area contributed by atoms with E-state index in [1.165, 1.54) is 4.90 Å². The Morgan fingerprint density at radius 3 is 2.60 bits per heavy atom. The van der Waals surface area contributed by atoms with Gasteiger partial charge in [-0.15, -0.1) is 0 Å². The van der Waals surface area contributed by atoms with Crippen molar-refractivity contribution in [1.82, 2.24) is 4.90 Å². The second kappa shape index (κ2) is 7.53. The first-order valence-corrected chi connectivity index (χ1v) is 6.61. The Morgan fingerprint density at radius 1 is 1.35 bits per heavy atom. The van der Waals surface area contributed by atoms with Crippen LogP contribution in [0.5, 0.6) is 5.75 Å². The van der Waals surface area contributed by atoms with Crippen molar-refractivity contribution in [2.24, 2.45) is 0 Å². The summed E-state index contributed by atoms with van der Waals surface area (Å²) < 4.78 is 5.45. The lowest BCUT2D eigenvalue weighted by atomic mass is 10.2. The summed E-state index contributed by atoms with van der Waals surface area (Å²) in [5.74, 6) is -0.480. The minimum absolute atomic E-state index is 0.0528. The second-order valence-electron chi connectivity index (χ2n) is 4.93. The average molecular weight is 279 g/mol. The van der Waals surface area contributed by atoms with Gasteiger partial charge in [-0.05, 0) is 38.5 Å². The third-order valence-corrected chi connectivity index (χ3v) is 2.86. The van der Waals surface area contributed by atoms with Crippen molar-refractivity contribution in [2.45, 2.75) is 33.2 Å². The molecule has 0 bridgehead atoms. The summed E-state index contributed by atoms with van der Waals surface area (Å²) in [6.07, 6.45) is -0.0611. The molecule has 1 amide bonds.